The number of allylic oxidation sites excluding steroid dienone is 1. The lowest BCUT2D eigenvalue weighted by Gasteiger charge is -2.21. The summed E-state index contributed by atoms with van der Waals surface area (Å²) < 4.78 is 9.43. The molecule has 0 amide bonds. The van der Waals surface area contributed by atoms with E-state index in [9.17, 15) is 9.59 Å². The van der Waals surface area contributed by atoms with Crippen LogP contribution in [0.5, 0.6) is 0 Å². The maximum Gasteiger partial charge on any atom is 0.327 e. The molecule has 90 valence electrons. The van der Waals surface area contributed by atoms with Crippen LogP contribution in [-0.4, -0.2) is 26.2 Å². The molecule has 1 rings (SSSR count). The van der Waals surface area contributed by atoms with Crippen LogP contribution in [0, 0.1) is 11.3 Å². The van der Waals surface area contributed by atoms with Gasteiger partial charge in [-0.3, -0.25) is 9.59 Å². The van der Waals surface area contributed by atoms with Crippen molar-refractivity contribution in [3.05, 3.63) is 11.6 Å². The van der Waals surface area contributed by atoms with Gasteiger partial charge in [-0.2, -0.15) is 0 Å². The van der Waals surface area contributed by atoms with E-state index in [2.05, 4.69) is 0 Å². The number of hydrogen-bond donors (Lipinski definition) is 0. The van der Waals surface area contributed by atoms with Gasteiger partial charge in [0, 0.05) is 0 Å². The Morgan fingerprint density at radius 2 is 1.88 bits per heavy atom. The molecule has 0 radical (unpaired) electrons. The molecule has 1 aliphatic carbocycles. The highest BCUT2D eigenvalue weighted by Gasteiger charge is 2.51. The summed E-state index contributed by atoms with van der Waals surface area (Å²) in [6, 6.07) is 0. The lowest BCUT2D eigenvalue weighted by Crippen LogP contribution is -2.38. The van der Waals surface area contributed by atoms with Crippen LogP contribution in [-0.2, 0) is 19.1 Å². The molecule has 0 heterocycles. The molecular formula is C12H18O4. The predicted molar refractivity (Wildman–Crippen MR) is 58.6 cm³/mol. The zero-order valence-electron chi connectivity index (χ0n) is 10.2. The van der Waals surface area contributed by atoms with Crippen LogP contribution < -0.4 is 0 Å². The Hall–Kier alpha value is -1.32. The van der Waals surface area contributed by atoms with Crippen LogP contribution in [0.25, 0.3) is 0 Å². The third kappa shape index (κ3) is 1.84. The zero-order valence-corrected chi connectivity index (χ0v) is 10.2. The fraction of sp³-hybridized carbons (Fsp3) is 0.667. The molecular weight excluding hydrogens is 208 g/mol. The smallest absolute Gasteiger partial charge is 0.327 e. The van der Waals surface area contributed by atoms with Gasteiger partial charge in [-0.25, -0.2) is 0 Å². The fourth-order valence-electron chi connectivity index (χ4n) is 2.31. The molecule has 0 aliphatic heterocycles. The van der Waals surface area contributed by atoms with Crippen molar-refractivity contribution in [1.82, 2.24) is 0 Å². The van der Waals surface area contributed by atoms with Gasteiger partial charge in [-0.05, 0) is 18.8 Å². The number of methoxy groups -OCH3 is 2. The standard InChI is InChI=1S/C12H18O4/c1-5-9-7-12(6-8(9)2,10(13)15-3)11(14)16-4/h7-8H,5-6H2,1-4H3. The number of carbonyl (C=O) groups is 2. The summed E-state index contributed by atoms with van der Waals surface area (Å²) in [6.07, 6.45) is 2.99. The van der Waals surface area contributed by atoms with Gasteiger partial charge in [0.25, 0.3) is 0 Å². The summed E-state index contributed by atoms with van der Waals surface area (Å²) in [5, 5.41) is 0. The molecule has 0 fully saturated rings. The van der Waals surface area contributed by atoms with Crippen LogP contribution in [0.2, 0.25) is 0 Å². The highest BCUT2D eigenvalue weighted by molar-refractivity contribution is 6.03. The topological polar surface area (TPSA) is 52.6 Å². The van der Waals surface area contributed by atoms with Gasteiger partial charge in [0.2, 0.25) is 0 Å². The normalized spacial score (nSPS) is 22.5. The van der Waals surface area contributed by atoms with Gasteiger partial charge >= 0.3 is 11.9 Å². The minimum Gasteiger partial charge on any atom is -0.468 e. The second kappa shape index (κ2) is 4.68. The largest absolute Gasteiger partial charge is 0.468 e. The summed E-state index contributed by atoms with van der Waals surface area (Å²) in [5.41, 5.74) is -0.121. The van der Waals surface area contributed by atoms with Crippen molar-refractivity contribution < 1.29 is 19.1 Å². The molecule has 0 N–H and O–H groups in total. The third-order valence-corrected chi connectivity index (χ3v) is 3.20. The lowest BCUT2D eigenvalue weighted by molar-refractivity contribution is -0.165. The summed E-state index contributed by atoms with van der Waals surface area (Å²) >= 11 is 0. The van der Waals surface area contributed by atoms with Crippen LogP contribution in [0.3, 0.4) is 0 Å². The number of carbonyl (C=O) groups excluding carboxylic acids is 2. The van der Waals surface area contributed by atoms with Crippen molar-refractivity contribution in [2.24, 2.45) is 11.3 Å². The Kier molecular flexibility index (Phi) is 3.73. The van der Waals surface area contributed by atoms with Gasteiger partial charge in [0.15, 0.2) is 5.41 Å². The molecule has 16 heavy (non-hydrogen) atoms. The zero-order chi connectivity index (χ0) is 12.3. The molecule has 1 unspecified atom stereocenters. The molecule has 0 aromatic carbocycles. The SMILES string of the molecule is CCC1=CC(C(=O)OC)(C(=O)OC)CC1C. The second-order valence-electron chi connectivity index (χ2n) is 4.13. The molecule has 1 atom stereocenters. The average Bonchev–Trinajstić information content (AvgIpc) is 2.65. The Morgan fingerprint density at radius 3 is 2.19 bits per heavy atom. The highest BCUT2D eigenvalue weighted by Crippen LogP contribution is 2.43. The molecule has 4 nitrogen and oxygen atoms in total. The lowest BCUT2D eigenvalue weighted by atomic mass is 9.85. The first-order chi connectivity index (χ1) is 7.51. The number of rotatable bonds is 3. The monoisotopic (exact) mass is 226 g/mol. The van der Waals surface area contributed by atoms with E-state index in [-0.39, 0.29) is 5.92 Å². The average molecular weight is 226 g/mol. The minimum atomic E-state index is -1.23. The summed E-state index contributed by atoms with van der Waals surface area (Å²) in [6.45, 7) is 4.01. The predicted octanol–water partition coefficient (Wildman–Crippen LogP) is 1.70. The van der Waals surface area contributed by atoms with Crippen molar-refractivity contribution in [3.8, 4) is 0 Å². The van der Waals surface area contributed by atoms with Crippen molar-refractivity contribution in [1.29, 1.82) is 0 Å². The van der Waals surface area contributed by atoms with Crippen LogP contribution in [0.4, 0.5) is 0 Å². The Labute approximate surface area is 95.6 Å². The van der Waals surface area contributed by atoms with E-state index in [1.165, 1.54) is 14.2 Å². The van der Waals surface area contributed by atoms with Crippen molar-refractivity contribution >= 4 is 11.9 Å². The van der Waals surface area contributed by atoms with Crippen LogP contribution in [0.15, 0.2) is 11.6 Å². The number of esters is 2. The van der Waals surface area contributed by atoms with Crippen molar-refractivity contribution in [3.63, 3.8) is 0 Å². The first-order valence-corrected chi connectivity index (χ1v) is 5.40. The van der Waals surface area contributed by atoms with E-state index in [0.717, 1.165) is 12.0 Å². The minimum absolute atomic E-state index is 0.211. The summed E-state index contributed by atoms with van der Waals surface area (Å²) in [5.74, 6) is -0.854. The maximum atomic E-state index is 11.8. The fourth-order valence-corrected chi connectivity index (χ4v) is 2.31. The Balaban J connectivity index is 3.14. The second-order valence-corrected chi connectivity index (χ2v) is 4.13. The molecule has 1 aliphatic rings. The van der Waals surface area contributed by atoms with Crippen LogP contribution in [0.1, 0.15) is 26.7 Å². The van der Waals surface area contributed by atoms with E-state index < -0.39 is 17.4 Å². The van der Waals surface area contributed by atoms with Crippen molar-refractivity contribution in [2.45, 2.75) is 26.7 Å². The first-order valence-electron chi connectivity index (χ1n) is 5.40. The molecule has 0 spiro atoms. The van der Waals surface area contributed by atoms with E-state index in [4.69, 9.17) is 9.47 Å². The van der Waals surface area contributed by atoms with E-state index in [0.29, 0.717) is 6.42 Å². The van der Waals surface area contributed by atoms with E-state index >= 15 is 0 Å². The first kappa shape index (κ1) is 12.7. The number of hydrogen-bond acceptors (Lipinski definition) is 4. The molecule has 0 saturated carbocycles. The van der Waals surface area contributed by atoms with Gasteiger partial charge in [0.05, 0.1) is 14.2 Å². The van der Waals surface area contributed by atoms with Gasteiger partial charge in [-0.15, -0.1) is 0 Å². The Morgan fingerprint density at radius 1 is 1.38 bits per heavy atom. The van der Waals surface area contributed by atoms with Crippen molar-refractivity contribution in [2.75, 3.05) is 14.2 Å². The summed E-state index contributed by atoms with van der Waals surface area (Å²) in [7, 11) is 2.57. The Bertz CT molecular complexity index is 314. The molecule has 0 bridgehead atoms. The van der Waals surface area contributed by atoms with E-state index in [1.54, 1.807) is 6.08 Å². The van der Waals surface area contributed by atoms with Gasteiger partial charge < -0.3 is 9.47 Å². The number of ether oxygens (including phenoxy) is 2. The highest BCUT2D eigenvalue weighted by atomic mass is 16.5. The molecule has 0 saturated heterocycles. The maximum absolute atomic E-state index is 11.8. The molecule has 0 aromatic rings. The van der Waals surface area contributed by atoms with Crippen LogP contribution >= 0.6 is 0 Å². The summed E-state index contributed by atoms with van der Waals surface area (Å²) in [4.78, 5) is 23.6. The third-order valence-electron chi connectivity index (χ3n) is 3.20. The van der Waals surface area contributed by atoms with Gasteiger partial charge in [-0.1, -0.05) is 25.5 Å². The molecule has 0 aromatic heterocycles. The van der Waals surface area contributed by atoms with Gasteiger partial charge in [0.1, 0.15) is 0 Å². The quantitative estimate of drug-likeness (QED) is 0.417. The van der Waals surface area contributed by atoms with E-state index in [1.807, 2.05) is 13.8 Å². The molecule has 4 heteroatoms.